The molecule has 4 nitrogen and oxygen atoms in total. The molecule has 11 aromatic rings. The molecule has 0 aliphatic rings. The van der Waals surface area contributed by atoms with Crippen LogP contribution in [0.15, 0.2) is 194 Å². The highest BCUT2D eigenvalue weighted by molar-refractivity contribution is 6.09. The predicted molar refractivity (Wildman–Crippen MR) is 228 cm³/mol. The van der Waals surface area contributed by atoms with Gasteiger partial charge in [0.25, 0.3) is 0 Å². The maximum absolute atomic E-state index is 5.17. The Morgan fingerprint density at radius 1 is 0.291 bits per heavy atom. The molecule has 0 radical (unpaired) electrons. The van der Waals surface area contributed by atoms with Gasteiger partial charge >= 0.3 is 0 Å². The molecule has 0 amide bonds. The van der Waals surface area contributed by atoms with Gasteiger partial charge < -0.3 is 4.57 Å². The molecule has 0 aliphatic carbocycles. The lowest BCUT2D eigenvalue weighted by atomic mass is 9.99. The summed E-state index contributed by atoms with van der Waals surface area (Å²) in [6.45, 7) is 0. The summed E-state index contributed by atoms with van der Waals surface area (Å²) < 4.78 is 2.36. The summed E-state index contributed by atoms with van der Waals surface area (Å²) in [6.07, 6.45) is 0. The van der Waals surface area contributed by atoms with Crippen LogP contribution in [0.5, 0.6) is 0 Å². The maximum atomic E-state index is 5.17. The van der Waals surface area contributed by atoms with Gasteiger partial charge in [-0.25, -0.2) is 15.0 Å². The van der Waals surface area contributed by atoms with Gasteiger partial charge in [0, 0.05) is 33.2 Å². The van der Waals surface area contributed by atoms with Crippen LogP contribution in [0, 0.1) is 0 Å². The van der Waals surface area contributed by atoms with E-state index in [0.29, 0.717) is 17.5 Å². The van der Waals surface area contributed by atoms with Crippen LogP contribution in [-0.2, 0) is 0 Å². The van der Waals surface area contributed by atoms with E-state index in [2.05, 4.69) is 193 Å². The fraction of sp³-hybridized carbons (Fsp3) is 0. The molecule has 4 heteroatoms. The number of benzene rings is 9. The van der Waals surface area contributed by atoms with Gasteiger partial charge in [-0.2, -0.15) is 0 Å². The van der Waals surface area contributed by atoms with Gasteiger partial charge in [-0.1, -0.05) is 152 Å². The van der Waals surface area contributed by atoms with E-state index in [1.807, 2.05) is 6.07 Å². The minimum atomic E-state index is 0.638. The minimum absolute atomic E-state index is 0.638. The molecule has 0 atom stereocenters. The fourth-order valence-corrected chi connectivity index (χ4v) is 8.08. The average Bonchev–Trinajstić information content (AvgIpc) is 3.60. The van der Waals surface area contributed by atoms with Crippen LogP contribution in [0.25, 0.3) is 105 Å². The first kappa shape index (κ1) is 31.1. The Kier molecular flexibility index (Phi) is 7.14. The zero-order valence-corrected chi connectivity index (χ0v) is 29.8. The van der Waals surface area contributed by atoms with Gasteiger partial charge in [0.2, 0.25) is 0 Å². The van der Waals surface area contributed by atoms with E-state index in [0.717, 1.165) is 49.3 Å². The number of nitrogens with zero attached hydrogens (tertiary/aromatic N) is 4. The number of aromatic nitrogens is 4. The second kappa shape index (κ2) is 12.6. The second-order valence-electron chi connectivity index (χ2n) is 14.1. The van der Waals surface area contributed by atoms with Crippen LogP contribution < -0.4 is 0 Å². The lowest BCUT2D eigenvalue weighted by Crippen LogP contribution is -2.00. The average molecular weight is 701 g/mol. The Labute approximate surface area is 317 Å². The van der Waals surface area contributed by atoms with E-state index in [4.69, 9.17) is 15.0 Å². The molecule has 0 fully saturated rings. The monoisotopic (exact) mass is 700 g/mol. The van der Waals surface area contributed by atoms with Gasteiger partial charge in [-0.05, 0) is 85.9 Å². The number of hydrogen-bond acceptors (Lipinski definition) is 3. The molecule has 2 aromatic heterocycles. The summed E-state index contributed by atoms with van der Waals surface area (Å²) in [7, 11) is 0. The summed E-state index contributed by atoms with van der Waals surface area (Å²) in [4.78, 5) is 15.5. The number of hydrogen-bond donors (Lipinski definition) is 0. The zero-order valence-electron chi connectivity index (χ0n) is 29.8. The first-order valence-electron chi connectivity index (χ1n) is 18.6. The van der Waals surface area contributed by atoms with E-state index >= 15 is 0 Å². The molecule has 0 bridgehead atoms. The lowest BCUT2D eigenvalue weighted by Gasteiger charge is -2.12. The van der Waals surface area contributed by atoms with Crippen molar-refractivity contribution in [1.82, 2.24) is 19.5 Å². The molecule has 11 rings (SSSR count). The van der Waals surface area contributed by atoms with Gasteiger partial charge in [-0.3, -0.25) is 0 Å². The quantitative estimate of drug-likeness (QED) is 0.179. The Bertz CT molecular complexity index is 3210. The lowest BCUT2D eigenvalue weighted by molar-refractivity contribution is 1.08. The van der Waals surface area contributed by atoms with Crippen LogP contribution in [-0.4, -0.2) is 19.5 Å². The van der Waals surface area contributed by atoms with Crippen LogP contribution in [0.4, 0.5) is 0 Å². The van der Waals surface area contributed by atoms with Crippen molar-refractivity contribution in [3.05, 3.63) is 194 Å². The van der Waals surface area contributed by atoms with Crippen molar-refractivity contribution in [2.75, 3.05) is 0 Å². The first-order valence-corrected chi connectivity index (χ1v) is 18.6. The summed E-state index contributed by atoms with van der Waals surface area (Å²) in [6, 6.07) is 68.8. The van der Waals surface area contributed by atoms with Crippen molar-refractivity contribution in [3.63, 3.8) is 0 Å². The number of para-hydroxylation sites is 2. The topological polar surface area (TPSA) is 43.6 Å². The zero-order chi connectivity index (χ0) is 36.3. The van der Waals surface area contributed by atoms with Crippen LogP contribution in [0.3, 0.4) is 0 Å². The highest BCUT2D eigenvalue weighted by Gasteiger charge is 2.16. The highest BCUT2D eigenvalue weighted by Crippen LogP contribution is 2.35. The predicted octanol–water partition coefficient (Wildman–Crippen LogP) is 13.1. The summed E-state index contributed by atoms with van der Waals surface area (Å²) >= 11 is 0. The normalized spacial score (nSPS) is 11.6. The van der Waals surface area contributed by atoms with Gasteiger partial charge in [0.1, 0.15) is 0 Å². The molecule has 0 saturated heterocycles. The van der Waals surface area contributed by atoms with E-state index in [1.54, 1.807) is 0 Å². The van der Waals surface area contributed by atoms with Crippen molar-refractivity contribution in [1.29, 1.82) is 0 Å². The second-order valence-corrected chi connectivity index (χ2v) is 14.1. The summed E-state index contributed by atoms with van der Waals surface area (Å²) in [5, 5.41) is 9.33. The third-order valence-electron chi connectivity index (χ3n) is 10.8. The van der Waals surface area contributed by atoms with Crippen LogP contribution in [0.1, 0.15) is 0 Å². The molecule has 0 spiro atoms. The van der Waals surface area contributed by atoms with Crippen molar-refractivity contribution in [3.8, 4) is 51.0 Å². The molecule has 9 aromatic carbocycles. The molecule has 0 aliphatic heterocycles. The van der Waals surface area contributed by atoms with Crippen LogP contribution in [0.2, 0.25) is 0 Å². The molecular weight excluding hydrogens is 669 g/mol. The largest absolute Gasteiger partial charge is 0.309 e. The maximum Gasteiger partial charge on any atom is 0.164 e. The molecule has 0 unspecified atom stereocenters. The van der Waals surface area contributed by atoms with Crippen molar-refractivity contribution < 1.29 is 0 Å². The smallest absolute Gasteiger partial charge is 0.164 e. The van der Waals surface area contributed by atoms with Crippen LogP contribution >= 0.6 is 0 Å². The third-order valence-corrected chi connectivity index (χ3v) is 10.8. The molecule has 55 heavy (non-hydrogen) atoms. The van der Waals surface area contributed by atoms with Gasteiger partial charge in [-0.15, -0.1) is 0 Å². The summed E-state index contributed by atoms with van der Waals surface area (Å²) in [5.41, 5.74) is 8.75. The Hall–Kier alpha value is -7.43. The van der Waals surface area contributed by atoms with Gasteiger partial charge in [0.05, 0.1) is 11.0 Å². The van der Waals surface area contributed by atoms with Crippen molar-refractivity contribution in [2.45, 2.75) is 0 Å². The fourth-order valence-electron chi connectivity index (χ4n) is 8.08. The molecule has 256 valence electrons. The summed E-state index contributed by atoms with van der Waals surface area (Å²) in [5.74, 6) is 1.93. The molecule has 2 heterocycles. The highest BCUT2D eigenvalue weighted by atomic mass is 15.0. The SMILES string of the molecule is c1ccc(-c2ccc3ccc(-c4nc(-c5ccc6cc(-n7c8ccccc8c8ccccc87)ccc6c5)nc(-c5cccc6ccccc56)n4)cc3c2)cc1. The number of fused-ring (bicyclic) bond motifs is 6. The minimum Gasteiger partial charge on any atom is -0.309 e. The Morgan fingerprint density at radius 3 is 1.56 bits per heavy atom. The standard InChI is InChI=1S/C51H32N4/c1-2-11-33(12-3-1)36-23-21-34-22-25-40(31-41(34)30-36)50-52-49(53-51(54-50)46-18-10-14-35-13-4-5-15-43(35)46)39-26-24-38-32-42(28-27-37(38)29-39)55-47-19-8-6-16-44(47)45-17-7-9-20-48(45)55/h1-32H. The Balaban J connectivity index is 1.06. The molecule has 0 N–H and O–H groups in total. The first-order chi connectivity index (χ1) is 27.2. The van der Waals surface area contributed by atoms with E-state index in [-0.39, 0.29) is 0 Å². The number of rotatable bonds is 5. The third kappa shape index (κ3) is 5.34. The van der Waals surface area contributed by atoms with Crippen molar-refractivity contribution in [2.24, 2.45) is 0 Å². The molecule has 0 saturated carbocycles. The van der Waals surface area contributed by atoms with E-state index in [1.165, 1.54) is 38.3 Å². The van der Waals surface area contributed by atoms with E-state index in [9.17, 15) is 0 Å². The molecular formula is C51H32N4. The van der Waals surface area contributed by atoms with Gasteiger partial charge in [0.15, 0.2) is 17.5 Å². The van der Waals surface area contributed by atoms with E-state index < -0.39 is 0 Å². The Morgan fingerprint density at radius 2 is 0.818 bits per heavy atom. The van der Waals surface area contributed by atoms with Crippen molar-refractivity contribution >= 4 is 54.1 Å².